The Labute approximate surface area is 151 Å². The monoisotopic (exact) mass is 359 g/mol. The zero-order valence-corrected chi connectivity index (χ0v) is 15.2. The molecule has 124 valence electrons. The maximum atomic E-state index is 5.90. The highest BCUT2D eigenvalue weighted by Crippen LogP contribution is 2.32. The molecule has 3 rings (SSSR count). The summed E-state index contributed by atoms with van der Waals surface area (Å²) in [6.45, 7) is 4.02. The minimum Gasteiger partial charge on any atom is -0.496 e. The van der Waals surface area contributed by atoms with Crippen molar-refractivity contribution in [3.8, 4) is 17.1 Å². The molecule has 1 aliphatic rings. The van der Waals surface area contributed by atoms with Crippen LogP contribution in [-0.2, 0) is 4.74 Å². The van der Waals surface area contributed by atoms with E-state index < -0.39 is 0 Å². The predicted octanol–water partition coefficient (Wildman–Crippen LogP) is 4.65. The molecule has 0 aliphatic carbocycles. The number of hydrogen-bond donors (Lipinski definition) is 0. The van der Waals surface area contributed by atoms with Crippen LogP contribution in [0.1, 0.15) is 19.6 Å². The average Bonchev–Trinajstić information content (AvgIpc) is 3.12. The van der Waals surface area contributed by atoms with E-state index in [-0.39, 0.29) is 6.04 Å². The molecule has 1 aromatic heterocycles. The van der Waals surface area contributed by atoms with Crippen molar-refractivity contribution in [3.05, 3.63) is 47.9 Å². The second kappa shape index (κ2) is 6.75. The van der Waals surface area contributed by atoms with Crippen molar-refractivity contribution < 1.29 is 13.9 Å². The Bertz CT molecular complexity index is 823. The molecule has 0 unspecified atom stereocenters. The van der Waals surface area contributed by atoms with Crippen molar-refractivity contribution in [3.63, 3.8) is 0 Å². The van der Waals surface area contributed by atoms with E-state index in [1.807, 2.05) is 50.2 Å². The van der Waals surface area contributed by atoms with Gasteiger partial charge >= 0.3 is 0 Å². The van der Waals surface area contributed by atoms with E-state index in [1.54, 1.807) is 18.1 Å². The zero-order chi connectivity index (χ0) is 17.3. The Balaban J connectivity index is 1.89. The Morgan fingerprint density at radius 3 is 2.54 bits per heavy atom. The zero-order valence-electron chi connectivity index (χ0n) is 13.6. The molecule has 0 bridgehead atoms. The Kier molecular flexibility index (Phi) is 4.69. The van der Waals surface area contributed by atoms with Gasteiger partial charge in [0.05, 0.1) is 12.7 Å². The lowest BCUT2D eigenvalue weighted by Gasteiger charge is -2.18. The third-order valence-corrected chi connectivity index (χ3v) is 4.29. The van der Waals surface area contributed by atoms with Crippen LogP contribution in [0.3, 0.4) is 0 Å². The number of rotatable bonds is 4. The van der Waals surface area contributed by atoms with Crippen LogP contribution >= 0.6 is 24.4 Å². The second-order valence-electron chi connectivity index (χ2n) is 5.55. The molecule has 6 heteroatoms. The summed E-state index contributed by atoms with van der Waals surface area (Å²) in [6, 6.07) is 11.6. The van der Waals surface area contributed by atoms with Crippen molar-refractivity contribution in [2.75, 3.05) is 7.11 Å². The predicted molar refractivity (Wildman–Crippen MR) is 102 cm³/mol. The van der Waals surface area contributed by atoms with Gasteiger partial charge in [-0.05, 0) is 50.3 Å². The number of furan rings is 1. The second-order valence-corrected chi connectivity index (χ2v) is 6.28. The number of methoxy groups -OCH3 is 1. The minimum absolute atomic E-state index is 0.150. The number of para-hydroxylation sites is 1. The first-order chi connectivity index (χ1) is 11.5. The highest BCUT2D eigenvalue weighted by atomic mass is 32.1. The maximum absolute atomic E-state index is 5.90. The van der Waals surface area contributed by atoms with Crippen molar-refractivity contribution in [2.45, 2.75) is 19.9 Å². The summed E-state index contributed by atoms with van der Waals surface area (Å²) >= 11 is 10.7. The molecule has 1 saturated heterocycles. The van der Waals surface area contributed by atoms with Crippen LogP contribution in [0.25, 0.3) is 17.4 Å². The van der Waals surface area contributed by atoms with Gasteiger partial charge in [0.25, 0.3) is 5.17 Å². The van der Waals surface area contributed by atoms with E-state index in [9.17, 15) is 0 Å². The number of nitrogens with zero attached hydrogens (tertiary/aromatic N) is 1. The van der Waals surface area contributed by atoms with Crippen LogP contribution in [0.5, 0.6) is 5.75 Å². The van der Waals surface area contributed by atoms with Crippen molar-refractivity contribution in [1.29, 1.82) is 0 Å². The normalized spacial score (nSPS) is 16.2. The van der Waals surface area contributed by atoms with E-state index in [0.29, 0.717) is 27.4 Å². The van der Waals surface area contributed by atoms with Gasteiger partial charge in [-0.3, -0.25) is 4.90 Å². The fourth-order valence-corrected chi connectivity index (χ4v) is 3.32. The molecule has 0 amide bonds. The minimum atomic E-state index is 0.150. The Hall–Kier alpha value is -2.18. The van der Waals surface area contributed by atoms with E-state index in [4.69, 9.17) is 38.3 Å². The maximum Gasteiger partial charge on any atom is 0.270 e. The molecule has 2 aromatic rings. The molecule has 0 atom stereocenters. The summed E-state index contributed by atoms with van der Waals surface area (Å²) in [5.74, 6) is 2.64. The van der Waals surface area contributed by atoms with Gasteiger partial charge in [-0.1, -0.05) is 24.4 Å². The number of thiocarbonyl (C=S) groups is 2. The van der Waals surface area contributed by atoms with Crippen molar-refractivity contribution in [2.24, 2.45) is 0 Å². The molecule has 0 saturated carbocycles. The number of benzene rings is 1. The number of hydrogen-bond acceptors (Lipinski definition) is 5. The molecule has 0 radical (unpaired) electrons. The first kappa shape index (κ1) is 16.7. The molecule has 4 nitrogen and oxygen atoms in total. The fourth-order valence-electron chi connectivity index (χ4n) is 2.48. The highest BCUT2D eigenvalue weighted by Gasteiger charge is 2.31. The van der Waals surface area contributed by atoms with Gasteiger partial charge in [0, 0.05) is 12.1 Å². The molecule has 1 fully saturated rings. The standard InChI is InChI=1S/C18H17NO3S2/c1-11(2)19-17(23)16(22-18(19)24)10-12-8-9-15(21-12)13-6-4-5-7-14(13)20-3/h4-11H,1-3H3. The van der Waals surface area contributed by atoms with E-state index in [1.165, 1.54) is 0 Å². The van der Waals surface area contributed by atoms with Crippen LogP contribution in [0.4, 0.5) is 0 Å². The fraction of sp³-hybridized carbons (Fsp3) is 0.222. The molecule has 0 spiro atoms. The van der Waals surface area contributed by atoms with Gasteiger partial charge in [-0.25, -0.2) is 0 Å². The highest BCUT2D eigenvalue weighted by molar-refractivity contribution is 7.82. The van der Waals surface area contributed by atoms with Gasteiger partial charge in [0.1, 0.15) is 17.3 Å². The van der Waals surface area contributed by atoms with E-state index in [2.05, 4.69) is 0 Å². The van der Waals surface area contributed by atoms with Crippen LogP contribution in [0, 0.1) is 0 Å². The van der Waals surface area contributed by atoms with Crippen LogP contribution < -0.4 is 4.74 Å². The smallest absolute Gasteiger partial charge is 0.270 e. The lowest BCUT2D eigenvalue weighted by atomic mass is 10.1. The SMILES string of the molecule is COc1ccccc1-c1ccc(C=C2OC(=S)N(C(C)C)C2=S)o1. The van der Waals surface area contributed by atoms with Gasteiger partial charge in [0.2, 0.25) is 0 Å². The van der Waals surface area contributed by atoms with Crippen LogP contribution in [0.2, 0.25) is 0 Å². The average molecular weight is 359 g/mol. The molecule has 0 N–H and O–H groups in total. The van der Waals surface area contributed by atoms with Crippen LogP contribution in [0.15, 0.2) is 46.6 Å². The van der Waals surface area contributed by atoms with Crippen LogP contribution in [-0.4, -0.2) is 28.2 Å². The molecule has 1 aliphatic heterocycles. The Morgan fingerprint density at radius 2 is 1.88 bits per heavy atom. The van der Waals surface area contributed by atoms with Gasteiger partial charge in [-0.2, -0.15) is 0 Å². The quantitative estimate of drug-likeness (QED) is 0.584. The number of ether oxygens (including phenoxy) is 2. The third-order valence-electron chi connectivity index (χ3n) is 3.61. The molecular formula is C18H17NO3S2. The summed E-state index contributed by atoms with van der Waals surface area (Å²) in [5, 5.41) is 0.373. The summed E-state index contributed by atoms with van der Waals surface area (Å²) in [5.41, 5.74) is 0.888. The molecule has 2 heterocycles. The summed E-state index contributed by atoms with van der Waals surface area (Å²) in [4.78, 5) is 2.38. The summed E-state index contributed by atoms with van der Waals surface area (Å²) in [7, 11) is 1.64. The Morgan fingerprint density at radius 1 is 1.12 bits per heavy atom. The summed E-state index contributed by atoms with van der Waals surface area (Å²) in [6.07, 6.45) is 1.76. The van der Waals surface area contributed by atoms with E-state index in [0.717, 1.165) is 11.3 Å². The van der Waals surface area contributed by atoms with Gasteiger partial charge < -0.3 is 13.9 Å². The first-order valence-corrected chi connectivity index (χ1v) is 8.33. The van der Waals surface area contributed by atoms with Gasteiger partial charge in [-0.15, -0.1) is 0 Å². The lowest BCUT2D eigenvalue weighted by Crippen LogP contribution is -2.34. The van der Waals surface area contributed by atoms with E-state index >= 15 is 0 Å². The lowest BCUT2D eigenvalue weighted by molar-refractivity contribution is 0.413. The van der Waals surface area contributed by atoms with Crippen molar-refractivity contribution >= 4 is 40.7 Å². The first-order valence-electron chi connectivity index (χ1n) is 7.51. The topological polar surface area (TPSA) is 34.8 Å². The third kappa shape index (κ3) is 3.07. The molecule has 1 aromatic carbocycles. The summed E-state index contributed by atoms with van der Waals surface area (Å²) < 4.78 is 16.9. The molecular weight excluding hydrogens is 342 g/mol. The molecule has 24 heavy (non-hydrogen) atoms. The van der Waals surface area contributed by atoms with Crippen molar-refractivity contribution in [1.82, 2.24) is 4.90 Å². The van der Waals surface area contributed by atoms with Gasteiger partial charge in [0.15, 0.2) is 10.7 Å². The largest absolute Gasteiger partial charge is 0.496 e.